The molecular weight excluding hydrogens is 456 g/mol. The molecule has 182 valence electrons. The number of nitrogens with one attached hydrogen (secondary N) is 1. The van der Waals surface area contributed by atoms with E-state index in [4.69, 9.17) is 16.6 Å². The molecule has 1 aliphatic rings. The Morgan fingerprint density at radius 2 is 1.83 bits per heavy atom. The predicted octanol–water partition coefficient (Wildman–Crippen LogP) is 5.98. The lowest BCUT2D eigenvalue weighted by Gasteiger charge is -2.37. The first-order chi connectivity index (χ1) is 17.0. The Hall–Kier alpha value is -3.02. The zero-order valence-electron chi connectivity index (χ0n) is 20.7. The zero-order valence-corrected chi connectivity index (χ0v) is 21.4. The number of hydrogen-bond acceptors (Lipinski definition) is 4. The van der Waals surface area contributed by atoms with Gasteiger partial charge < -0.3 is 10.2 Å². The van der Waals surface area contributed by atoms with E-state index in [-0.39, 0.29) is 11.9 Å². The second kappa shape index (κ2) is 11.6. The van der Waals surface area contributed by atoms with Gasteiger partial charge in [-0.25, -0.2) is 0 Å². The Labute approximate surface area is 213 Å². The smallest absolute Gasteiger partial charge is 0.251 e. The number of halogens is 1. The molecule has 35 heavy (non-hydrogen) atoms. The van der Waals surface area contributed by atoms with Crippen molar-refractivity contribution in [3.63, 3.8) is 0 Å². The van der Waals surface area contributed by atoms with Crippen LogP contribution in [0.1, 0.15) is 49.4 Å². The second-order valence-corrected chi connectivity index (χ2v) is 9.61. The summed E-state index contributed by atoms with van der Waals surface area (Å²) in [6.45, 7) is 4.29. The minimum absolute atomic E-state index is 0.0280. The van der Waals surface area contributed by atoms with Crippen LogP contribution in [0.3, 0.4) is 0 Å². The van der Waals surface area contributed by atoms with Crippen molar-refractivity contribution < 1.29 is 4.79 Å². The summed E-state index contributed by atoms with van der Waals surface area (Å²) in [4.78, 5) is 25.0. The number of benzene rings is 1. The third-order valence-corrected chi connectivity index (χ3v) is 7.42. The number of rotatable bonds is 7. The quantitative estimate of drug-likeness (QED) is 0.415. The van der Waals surface area contributed by atoms with Gasteiger partial charge >= 0.3 is 0 Å². The van der Waals surface area contributed by atoms with E-state index in [1.54, 1.807) is 6.20 Å². The maximum Gasteiger partial charge on any atom is 0.251 e. The second-order valence-electron chi connectivity index (χ2n) is 9.24. The van der Waals surface area contributed by atoms with E-state index in [0.29, 0.717) is 23.2 Å². The van der Waals surface area contributed by atoms with Crippen LogP contribution in [-0.4, -0.2) is 39.9 Å². The highest BCUT2D eigenvalue weighted by Crippen LogP contribution is 2.30. The highest BCUT2D eigenvalue weighted by Gasteiger charge is 2.30. The van der Waals surface area contributed by atoms with Crippen molar-refractivity contribution in [3.05, 3.63) is 89.4 Å². The number of carbonyl (C=O) groups is 1. The molecule has 1 amide bonds. The van der Waals surface area contributed by atoms with Crippen LogP contribution >= 0.6 is 11.6 Å². The summed E-state index contributed by atoms with van der Waals surface area (Å²) in [5.41, 5.74) is 5.19. The van der Waals surface area contributed by atoms with Gasteiger partial charge in [0.2, 0.25) is 0 Å². The molecule has 3 aromatic rings. The van der Waals surface area contributed by atoms with E-state index in [1.807, 2.05) is 86.6 Å². The van der Waals surface area contributed by atoms with Crippen LogP contribution in [0.4, 0.5) is 0 Å². The first-order valence-electron chi connectivity index (χ1n) is 12.2. The normalized spacial score (nSPS) is 18.6. The van der Waals surface area contributed by atoms with Crippen LogP contribution in [0.15, 0.2) is 72.6 Å². The van der Waals surface area contributed by atoms with Crippen molar-refractivity contribution in [2.45, 2.75) is 58.2 Å². The van der Waals surface area contributed by atoms with Crippen LogP contribution in [0.2, 0.25) is 0 Å². The van der Waals surface area contributed by atoms with E-state index in [9.17, 15) is 4.79 Å². The fourth-order valence-electron chi connectivity index (χ4n) is 4.79. The standard InChI is InChI=1S/C29H33ClN4O/c1-20-8-4-5-11-26(20)28(30)21(2)29(35)34(25-15-13-23(31-3)14-16-25)19-24-10-6-12-27(33-24)22-9-7-17-32-18-22/h4-12,17-18,23,25,31H,13-16,19H2,1-3H3/b28-21-. The number of nitrogens with zero attached hydrogens (tertiary/aromatic N) is 3. The summed E-state index contributed by atoms with van der Waals surface area (Å²) in [6, 6.07) is 18.4. The van der Waals surface area contributed by atoms with Crippen molar-refractivity contribution in [2.75, 3.05) is 7.05 Å². The van der Waals surface area contributed by atoms with Crippen LogP contribution in [-0.2, 0) is 11.3 Å². The lowest BCUT2D eigenvalue weighted by Crippen LogP contribution is -2.45. The summed E-state index contributed by atoms with van der Waals surface area (Å²) < 4.78 is 0. The number of amides is 1. The molecule has 0 bridgehead atoms. The predicted molar refractivity (Wildman–Crippen MR) is 143 cm³/mol. The fourth-order valence-corrected chi connectivity index (χ4v) is 5.08. The first-order valence-corrected chi connectivity index (χ1v) is 12.6. The summed E-state index contributed by atoms with van der Waals surface area (Å²) in [7, 11) is 2.01. The van der Waals surface area contributed by atoms with Crippen molar-refractivity contribution >= 4 is 22.5 Å². The molecule has 1 saturated carbocycles. The molecule has 2 aromatic heterocycles. The molecule has 0 saturated heterocycles. The average molecular weight is 489 g/mol. The van der Waals surface area contributed by atoms with E-state index in [1.165, 1.54) is 0 Å². The number of carbonyl (C=O) groups excluding carboxylic acids is 1. The van der Waals surface area contributed by atoms with Gasteiger partial charge in [-0.1, -0.05) is 41.9 Å². The van der Waals surface area contributed by atoms with E-state index in [2.05, 4.69) is 10.3 Å². The van der Waals surface area contributed by atoms with E-state index in [0.717, 1.165) is 53.8 Å². The van der Waals surface area contributed by atoms with Gasteiger partial charge in [-0.05, 0) is 82.0 Å². The lowest BCUT2D eigenvalue weighted by molar-refractivity contribution is -0.130. The number of pyridine rings is 2. The molecule has 0 spiro atoms. The van der Waals surface area contributed by atoms with Gasteiger partial charge in [-0.15, -0.1) is 0 Å². The summed E-state index contributed by atoms with van der Waals surface area (Å²) in [6.07, 6.45) is 7.56. The highest BCUT2D eigenvalue weighted by molar-refractivity contribution is 6.51. The zero-order chi connectivity index (χ0) is 24.8. The molecule has 5 nitrogen and oxygen atoms in total. The topological polar surface area (TPSA) is 58.1 Å². The summed E-state index contributed by atoms with van der Waals surface area (Å²) >= 11 is 6.79. The molecule has 0 atom stereocenters. The van der Waals surface area contributed by atoms with Gasteiger partial charge in [0.15, 0.2) is 0 Å². The molecule has 0 radical (unpaired) electrons. The molecule has 1 aliphatic carbocycles. The number of hydrogen-bond donors (Lipinski definition) is 1. The maximum atomic E-state index is 13.9. The van der Waals surface area contributed by atoms with E-state index < -0.39 is 0 Å². The molecule has 4 rings (SSSR count). The Kier molecular flexibility index (Phi) is 8.32. The molecule has 0 aliphatic heterocycles. The first kappa shape index (κ1) is 25.1. The van der Waals surface area contributed by atoms with Crippen LogP contribution in [0, 0.1) is 6.92 Å². The van der Waals surface area contributed by atoms with E-state index >= 15 is 0 Å². The molecule has 6 heteroatoms. The Morgan fingerprint density at radius 1 is 1.06 bits per heavy atom. The molecule has 1 N–H and O–H groups in total. The lowest BCUT2D eigenvalue weighted by atomic mass is 9.89. The Bertz CT molecular complexity index is 1190. The van der Waals surface area contributed by atoms with Gasteiger partial charge in [0.05, 0.1) is 23.0 Å². The summed E-state index contributed by atoms with van der Waals surface area (Å²) in [5, 5.41) is 3.90. The van der Waals surface area contributed by atoms with Gasteiger partial charge in [-0.3, -0.25) is 14.8 Å². The Balaban J connectivity index is 1.65. The van der Waals surface area contributed by atoms with Crippen molar-refractivity contribution in [2.24, 2.45) is 0 Å². The van der Waals surface area contributed by atoms with Crippen LogP contribution in [0.5, 0.6) is 0 Å². The third kappa shape index (κ3) is 5.98. The molecule has 1 aromatic carbocycles. The minimum Gasteiger partial charge on any atom is -0.330 e. The largest absolute Gasteiger partial charge is 0.330 e. The van der Waals surface area contributed by atoms with Gasteiger partial charge in [0, 0.05) is 35.6 Å². The van der Waals surface area contributed by atoms with Crippen molar-refractivity contribution in [1.29, 1.82) is 0 Å². The van der Waals surface area contributed by atoms with Gasteiger partial charge in [-0.2, -0.15) is 0 Å². The van der Waals surface area contributed by atoms with Crippen LogP contribution in [0.25, 0.3) is 16.3 Å². The maximum absolute atomic E-state index is 13.9. The Morgan fingerprint density at radius 3 is 2.51 bits per heavy atom. The molecular formula is C29H33ClN4O. The number of aryl methyl sites for hydroxylation is 1. The average Bonchev–Trinajstić information content (AvgIpc) is 2.91. The van der Waals surface area contributed by atoms with Gasteiger partial charge in [0.1, 0.15) is 0 Å². The van der Waals surface area contributed by atoms with Crippen LogP contribution < -0.4 is 5.32 Å². The van der Waals surface area contributed by atoms with Gasteiger partial charge in [0.25, 0.3) is 5.91 Å². The summed E-state index contributed by atoms with van der Waals surface area (Å²) in [5.74, 6) is -0.0280. The molecule has 2 heterocycles. The molecule has 0 unspecified atom stereocenters. The number of aromatic nitrogens is 2. The molecule has 1 fully saturated rings. The minimum atomic E-state index is -0.0280. The monoisotopic (exact) mass is 488 g/mol. The fraction of sp³-hybridized carbons (Fsp3) is 0.345. The SMILES string of the molecule is CNC1CCC(N(Cc2cccc(-c3cccnc3)n2)C(=O)/C(C)=C(\Cl)c2ccccc2C)CC1. The third-order valence-electron chi connectivity index (χ3n) is 6.93. The van der Waals surface area contributed by atoms with Crippen molar-refractivity contribution in [1.82, 2.24) is 20.2 Å². The highest BCUT2D eigenvalue weighted by atomic mass is 35.5. The van der Waals surface area contributed by atoms with Crippen molar-refractivity contribution in [3.8, 4) is 11.3 Å².